The topological polar surface area (TPSA) is 49.7 Å². The van der Waals surface area contributed by atoms with E-state index in [0.717, 1.165) is 18.4 Å². The number of nitrogens with zero attached hydrogens (tertiary/aromatic N) is 1. The molecule has 1 aliphatic carbocycles. The van der Waals surface area contributed by atoms with Gasteiger partial charge in [-0.2, -0.15) is 0 Å². The zero-order valence-corrected chi connectivity index (χ0v) is 12.8. The molecule has 0 unspecified atom stereocenters. The van der Waals surface area contributed by atoms with E-state index < -0.39 is 0 Å². The predicted octanol–water partition coefficient (Wildman–Crippen LogP) is 2.04. The van der Waals surface area contributed by atoms with Gasteiger partial charge in [0.2, 0.25) is 5.78 Å². The maximum absolute atomic E-state index is 11.5. The number of carbonyl (C=O) groups excluding carboxylic acids is 1. The minimum absolute atomic E-state index is 0.248. The van der Waals surface area contributed by atoms with Gasteiger partial charge in [-0.05, 0) is 18.2 Å². The van der Waals surface area contributed by atoms with Gasteiger partial charge >= 0.3 is 0 Å². The Kier molecular flexibility index (Phi) is 4.84. The van der Waals surface area contributed by atoms with E-state index in [2.05, 4.69) is 31.0 Å². The summed E-state index contributed by atoms with van der Waals surface area (Å²) in [6.45, 7) is 6.36. The number of allylic oxidation sites excluding steroid dienone is 3. The molecule has 0 radical (unpaired) electrons. The van der Waals surface area contributed by atoms with Crippen molar-refractivity contribution in [1.82, 2.24) is 0 Å². The van der Waals surface area contributed by atoms with E-state index in [-0.39, 0.29) is 11.5 Å². The van der Waals surface area contributed by atoms with Gasteiger partial charge in [0.05, 0.1) is 11.4 Å². The Hall–Kier alpha value is -2.03. The average molecular weight is 279 g/mol. The highest BCUT2D eigenvalue weighted by Crippen LogP contribution is 2.17. The maximum Gasteiger partial charge on any atom is 0.219 e. The van der Waals surface area contributed by atoms with Crippen molar-refractivity contribution in [3.05, 3.63) is 47.6 Å². The second-order valence-electron chi connectivity index (χ2n) is 5.68. The van der Waals surface area contributed by atoms with Gasteiger partial charge in [0.25, 0.3) is 0 Å². The standard InChI is InChI=1S/C16H19B2NO2/c1-10(2)18-11-4-6-12(7-5-11)19-14-9-16(21)15(20)8-13(14)17-3/h4-10,17-18,21H,1-3H3/b19-14+. The Morgan fingerprint density at radius 2 is 1.81 bits per heavy atom. The number of ketones is 1. The van der Waals surface area contributed by atoms with Gasteiger partial charge in [0, 0.05) is 6.08 Å². The lowest BCUT2D eigenvalue weighted by molar-refractivity contribution is -0.113. The molecule has 0 spiro atoms. The molecule has 2 rings (SSSR count). The highest BCUT2D eigenvalue weighted by molar-refractivity contribution is 6.57. The van der Waals surface area contributed by atoms with Crippen LogP contribution >= 0.6 is 0 Å². The molecule has 3 nitrogen and oxygen atoms in total. The van der Waals surface area contributed by atoms with Crippen LogP contribution in [0.5, 0.6) is 0 Å². The summed E-state index contributed by atoms with van der Waals surface area (Å²) in [5, 5.41) is 9.57. The summed E-state index contributed by atoms with van der Waals surface area (Å²) >= 11 is 0. The highest BCUT2D eigenvalue weighted by atomic mass is 16.3. The number of hydrogen-bond donors (Lipinski definition) is 1. The molecular formula is C16H19B2NO2. The van der Waals surface area contributed by atoms with Gasteiger partial charge in [-0.15, -0.1) is 0 Å². The first kappa shape index (κ1) is 15.4. The number of carbonyl (C=O) groups is 1. The van der Waals surface area contributed by atoms with E-state index in [1.165, 1.54) is 17.6 Å². The predicted molar refractivity (Wildman–Crippen MR) is 92.2 cm³/mol. The van der Waals surface area contributed by atoms with Crippen molar-refractivity contribution in [3.63, 3.8) is 0 Å². The van der Waals surface area contributed by atoms with E-state index in [9.17, 15) is 9.90 Å². The first-order valence-corrected chi connectivity index (χ1v) is 7.33. The average Bonchev–Trinajstić information content (AvgIpc) is 2.44. The van der Waals surface area contributed by atoms with Gasteiger partial charge in [-0.1, -0.05) is 49.6 Å². The number of aliphatic imine (C=N–C) groups is 1. The Morgan fingerprint density at radius 3 is 2.38 bits per heavy atom. The largest absolute Gasteiger partial charge is 0.504 e. The van der Waals surface area contributed by atoms with Crippen LogP contribution in [0.2, 0.25) is 12.6 Å². The quantitative estimate of drug-likeness (QED) is 0.677. The van der Waals surface area contributed by atoms with Gasteiger partial charge in [-0.3, -0.25) is 4.79 Å². The van der Waals surface area contributed by atoms with Crippen LogP contribution in [0.15, 0.2) is 52.6 Å². The molecule has 1 aromatic rings. The van der Waals surface area contributed by atoms with Crippen LogP contribution in [0.4, 0.5) is 5.69 Å². The van der Waals surface area contributed by atoms with Crippen LogP contribution < -0.4 is 5.46 Å². The van der Waals surface area contributed by atoms with Crippen LogP contribution in [0.3, 0.4) is 0 Å². The molecule has 0 aliphatic heterocycles. The van der Waals surface area contributed by atoms with Gasteiger partial charge < -0.3 is 5.11 Å². The van der Waals surface area contributed by atoms with E-state index in [4.69, 9.17) is 0 Å². The molecule has 0 saturated carbocycles. The lowest BCUT2D eigenvalue weighted by atomic mass is 9.61. The first-order chi connectivity index (χ1) is 9.99. The Labute approximate surface area is 127 Å². The SMILES string of the molecule is CBC1=CC(=O)C(O)=C/C1=N\c1ccc(BC(C)C)cc1. The minimum Gasteiger partial charge on any atom is -0.504 e. The summed E-state index contributed by atoms with van der Waals surface area (Å²) in [6.07, 6.45) is 2.91. The lowest BCUT2D eigenvalue weighted by Crippen LogP contribution is -2.16. The third-order valence-electron chi connectivity index (χ3n) is 3.37. The molecule has 106 valence electrons. The van der Waals surface area contributed by atoms with Crippen LogP contribution in [-0.4, -0.2) is 31.2 Å². The second-order valence-corrected chi connectivity index (χ2v) is 5.68. The molecule has 1 N–H and O–H groups in total. The fraction of sp³-hybridized carbons (Fsp3) is 0.250. The molecule has 0 fully saturated rings. The van der Waals surface area contributed by atoms with Crippen molar-refractivity contribution in [3.8, 4) is 0 Å². The molecule has 0 aromatic heterocycles. The molecule has 5 heteroatoms. The molecule has 1 aliphatic rings. The van der Waals surface area contributed by atoms with Crippen molar-refractivity contribution in [2.45, 2.75) is 26.5 Å². The van der Waals surface area contributed by atoms with Crippen LogP contribution in [0.1, 0.15) is 13.8 Å². The maximum atomic E-state index is 11.5. The zero-order valence-electron chi connectivity index (χ0n) is 12.8. The van der Waals surface area contributed by atoms with Gasteiger partial charge in [0.15, 0.2) is 20.3 Å². The Morgan fingerprint density at radius 1 is 1.14 bits per heavy atom. The summed E-state index contributed by atoms with van der Waals surface area (Å²) in [6, 6.07) is 8.09. The lowest BCUT2D eigenvalue weighted by Gasteiger charge is -2.11. The Bertz CT molecular complexity index is 628. The molecule has 0 bridgehead atoms. The van der Waals surface area contributed by atoms with Crippen molar-refractivity contribution in [2.75, 3.05) is 0 Å². The van der Waals surface area contributed by atoms with Crippen LogP contribution in [0.25, 0.3) is 0 Å². The zero-order chi connectivity index (χ0) is 15.4. The van der Waals surface area contributed by atoms with Gasteiger partial charge in [-0.25, -0.2) is 4.99 Å². The molecule has 0 saturated heterocycles. The third kappa shape index (κ3) is 3.97. The summed E-state index contributed by atoms with van der Waals surface area (Å²) in [4.78, 5) is 16.0. The summed E-state index contributed by atoms with van der Waals surface area (Å²) in [5.74, 6) is 0.0292. The van der Waals surface area contributed by atoms with Crippen LogP contribution in [-0.2, 0) is 4.79 Å². The molecular weight excluding hydrogens is 260 g/mol. The number of rotatable bonds is 4. The van der Waals surface area contributed by atoms with Gasteiger partial charge in [0.1, 0.15) is 0 Å². The van der Waals surface area contributed by atoms with Crippen molar-refractivity contribution in [1.29, 1.82) is 0 Å². The van der Waals surface area contributed by atoms with E-state index in [1.54, 1.807) is 0 Å². The van der Waals surface area contributed by atoms with Crippen molar-refractivity contribution < 1.29 is 9.90 Å². The summed E-state index contributed by atoms with van der Waals surface area (Å²) in [7, 11) is 1.76. The third-order valence-corrected chi connectivity index (χ3v) is 3.37. The molecule has 0 atom stereocenters. The summed E-state index contributed by atoms with van der Waals surface area (Å²) < 4.78 is 0. The molecule has 21 heavy (non-hydrogen) atoms. The second kappa shape index (κ2) is 6.61. The van der Waals surface area contributed by atoms with E-state index >= 15 is 0 Å². The minimum atomic E-state index is -0.349. The fourth-order valence-electron chi connectivity index (χ4n) is 2.30. The number of hydrogen-bond acceptors (Lipinski definition) is 3. The number of aliphatic hydroxyl groups excluding tert-OH is 1. The smallest absolute Gasteiger partial charge is 0.219 e. The van der Waals surface area contributed by atoms with Crippen molar-refractivity contribution >= 4 is 37.2 Å². The number of benzene rings is 1. The molecule has 0 amide bonds. The first-order valence-electron chi connectivity index (χ1n) is 7.33. The molecule has 1 aromatic carbocycles. The molecule has 0 heterocycles. The Balaban J connectivity index is 2.26. The highest BCUT2D eigenvalue weighted by Gasteiger charge is 2.17. The normalized spacial score (nSPS) is 16.8. The van der Waals surface area contributed by atoms with Crippen molar-refractivity contribution in [2.24, 2.45) is 4.99 Å². The van der Waals surface area contributed by atoms with E-state index in [1.807, 2.05) is 19.0 Å². The van der Waals surface area contributed by atoms with Crippen LogP contribution in [0, 0.1) is 0 Å². The monoisotopic (exact) mass is 279 g/mol. The van der Waals surface area contributed by atoms with E-state index in [0.29, 0.717) is 18.8 Å². The fourth-order valence-corrected chi connectivity index (χ4v) is 2.30. The summed E-state index contributed by atoms with van der Waals surface area (Å²) in [5.41, 5.74) is 3.63. The number of aliphatic hydroxyl groups is 1.